The van der Waals surface area contributed by atoms with Crippen molar-refractivity contribution in [3.8, 4) is 0 Å². The molecule has 1 unspecified atom stereocenters. The third kappa shape index (κ3) is 5.83. The number of likely N-dealkylation sites (tertiary alicyclic amines) is 1. The van der Waals surface area contributed by atoms with Gasteiger partial charge in [-0.1, -0.05) is 19.8 Å². The van der Waals surface area contributed by atoms with Crippen LogP contribution in [0.4, 0.5) is 0 Å². The molecular weight excluding hydrogens is 226 g/mol. The lowest BCUT2D eigenvalue weighted by Crippen LogP contribution is -2.39. The summed E-state index contributed by atoms with van der Waals surface area (Å²) < 4.78 is 0. The highest BCUT2D eigenvalue weighted by atomic mass is 16.1. The standard InChI is InChI=1S/C14H29N3O/c1-2-17-11-7-8-13(17)12-16-14(18)9-5-3-4-6-10-15/h13H,2-12,15H2,1H3,(H,16,18). The molecule has 1 atom stereocenters. The molecule has 1 aliphatic rings. The van der Waals surface area contributed by atoms with Crippen molar-refractivity contribution >= 4 is 5.91 Å². The van der Waals surface area contributed by atoms with E-state index in [-0.39, 0.29) is 5.91 Å². The van der Waals surface area contributed by atoms with Gasteiger partial charge in [0.05, 0.1) is 0 Å². The van der Waals surface area contributed by atoms with Gasteiger partial charge in [-0.3, -0.25) is 9.69 Å². The highest BCUT2D eigenvalue weighted by molar-refractivity contribution is 5.75. The minimum atomic E-state index is 0.214. The van der Waals surface area contributed by atoms with Crippen molar-refractivity contribution in [2.75, 3.05) is 26.2 Å². The van der Waals surface area contributed by atoms with E-state index in [1.165, 1.54) is 19.4 Å². The van der Waals surface area contributed by atoms with Crippen LogP contribution < -0.4 is 11.1 Å². The molecule has 4 nitrogen and oxygen atoms in total. The van der Waals surface area contributed by atoms with E-state index in [9.17, 15) is 4.79 Å². The van der Waals surface area contributed by atoms with Gasteiger partial charge in [0.1, 0.15) is 0 Å². The summed E-state index contributed by atoms with van der Waals surface area (Å²) >= 11 is 0. The molecule has 1 rings (SSSR count). The number of nitrogens with two attached hydrogens (primary N) is 1. The van der Waals surface area contributed by atoms with Gasteiger partial charge >= 0.3 is 0 Å². The zero-order valence-electron chi connectivity index (χ0n) is 11.8. The molecule has 0 aromatic carbocycles. The predicted octanol–water partition coefficient (Wildman–Crippen LogP) is 1.50. The number of hydrogen-bond donors (Lipinski definition) is 2. The fourth-order valence-electron chi connectivity index (χ4n) is 2.65. The van der Waals surface area contributed by atoms with Crippen LogP contribution in [0.3, 0.4) is 0 Å². The summed E-state index contributed by atoms with van der Waals surface area (Å²) in [7, 11) is 0. The average molecular weight is 255 g/mol. The van der Waals surface area contributed by atoms with Crippen LogP contribution >= 0.6 is 0 Å². The van der Waals surface area contributed by atoms with E-state index in [1.807, 2.05) is 0 Å². The molecule has 0 aliphatic carbocycles. The molecule has 106 valence electrons. The highest BCUT2D eigenvalue weighted by Gasteiger charge is 2.22. The van der Waals surface area contributed by atoms with Gasteiger partial charge in [0.15, 0.2) is 0 Å². The van der Waals surface area contributed by atoms with Crippen LogP contribution in [0.1, 0.15) is 51.9 Å². The second-order valence-electron chi connectivity index (χ2n) is 5.18. The Morgan fingerprint density at radius 2 is 2.11 bits per heavy atom. The summed E-state index contributed by atoms with van der Waals surface area (Å²) in [5.41, 5.74) is 5.43. The number of nitrogens with one attached hydrogen (secondary N) is 1. The first-order chi connectivity index (χ1) is 8.77. The molecule has 1 saturated heterocycles. The summed E-state index contributed by atoms with van der Waals surface area (Å²) in [6, 6.07) is 0.566. The van der Waals surface area contributed by atoms with Gasteiger partial charge in [-0.2, -0.15) is 0 Å². The lowest BCUT2D eigenvalue weighted by Gasteiger charge is -2.22. The molecule has 0 spiro atoms. The van der Waals surface area contributed by atoms with Crippen molar-refractivity contribution in [3.05, 3.63) is 0 Å². The maximum absolute atomic E-state index is 11.7. The van der Waals surface area contributed by atoms with E-state index in [4.69, 9.17) is 5.73 Å². The predicted molar refractivity (Wildman–Crippen MR) is 75.4 cm³/mol. The minimum Gasteiger partial charge on any atom is -0.355 e. The van der Waals surface area contributed by atoms with Gasteiger partial charge in [-0.25, -0.2) is 0 Å². The zero-order chi connectivity index (χ0) is 13.2. The number of carbonyl (C=O) groups is 1. The number of nitrogens with zero attached hydrogens (tertiary/aromatic N) is 1. The molecule has 0 aromatic heterocycles. The van der Waals surface area contributed by atoms with E-state index in [1.54, 1.807) is 0 Å². The highest BCUT2D eigenvalue weighted by Crippen LogP contribution is 2.15. The first kappa shape index (κ1) is 15.4. The second kappa shape index (κ2) is 9.34. The van der Waals surface area contributed by atoms with Crippen molar-refractivity contribution in [2.24, 2.45) is 5.73 Å². The van der Waals surface area contributed by atoms with Crippen LogP contribution in [0.25, 0.3) is 0 Å². The Bertz CT molecular complexity index is 233. The van der Waals surface area contributed by atoms with E-state index in [2.05, 4.69) is 17.1 Å². The van der Waals surface area contributed by atoms with Crippen LogP contribution in [0.2, 0.25) is 0 Å². The Labute approximate surface area is 111 Å². The minimum absolute atomic E-state index is 0.214. The van der Waals surface area contributed by atoms with Gasteiger partial charge in [-0.15, -0.1) is 0 Å². The Balaban J connectivity index is 2.02. The molecule has 1 fully saturated rings. The maximum Gasteiger partial charge on any atom is 0.220 e. The zero-order valence-corrected chi connectivity index (χ0v) is 11.8. The number of likely N-dealkylation sites (N-methyl/N-ethyl adjacent to an activating group) is 1. The van der Waals surface area contributed by atoms with E-state index >= 15 is 0 Å². The summed E-state index contributed by atoms with van der Waals surface area (Å²) in [6.45, 7) is 6.07. The Hall–Kier alpha value is -0.610. The van der Waals surface area contributed by atoms with Gasteiger partial charge in [0.25, 0.3) is 0 Å². The van der Waals surface area contributed by atoms with Crippen molar-refractivity contribution in [1.82, 2.24) is 10.2 Å². The largest absolute Gasteiger partial charge is 0.355 e. The van der Waals surface area contributed by atoms with Crippen molar-refractivity contribution in [1.29, 1.82) is 0 Å². The summed E-state index contributed by atoms with van der Waals surface area (Å²) in [4.78, 5) is 14.1. The first-order valence-electron chi connectivity index (χ1n) is 7.48. The number of hydrogen-bond acceptors (Lipinski definition) is 3. The Kier molecular flexibility index (Phi) is 8.01. The fraction of sp³-hybridized carbons (Fsp3) is 0.929. The van der Waals surface area contributed by atoms with Crippen molar-refractivity contribution < 1.29 is 4.79 Å². The van der Waals surface area contributed by atoms with Gasteiger partial charge in [0.2, 0.25) is 5.91 Å². The summed E-state index contributed by atoms with van der Waals surface area (Å²) in [6.07, 6.45) is 7.51. The average Bonchev–Trinajstić information content (AvgIpc) is 2.83. The van der Waals surface area contributed by atoms with Gasteiger partial charge in [0, 0.05) is 19.0 Å². The van der Waals surface area contributed by atoms with Crippen LogP contribution in [-0.4, -0.2) is 43.0 Å². The third-order valence-corrected chi connectivity index (χ3v) is 3.80. The van der Waals surface area contributed by atoms with Crippen LogP contribution in [0.15, 0.2) is 0 Å². The number of rotatable bonds is 9. The fourth-order valence-corrected chi connectivity index (χ4v) is 2.65. The molecule has 0 saturated carbocycles. The Morgan fingerprint density at radius 3 is 2.83 bits per heavy atom. The van der Waals surface area contributed by atoms with Crippen molar-refractivity contribution in [2.45, 2.75) is 57.9 Å². The number of amides is 1. The Morgan fingerprint density at radius 1 is 1.33 bits per heavy atom. The second-order valence-corrected chi connectivity index (χ2v) is 5.18. The number of unbranched alkanes of at least 4 members (excludes halogenated alkanes) is 3. The van der Waals surface area contributed by atoms with Crippen LogP contribution in [0, 0.1) is 0 Å². The first-order valence-corrected chi connectivity index (χ1v) is 7.48. The van der Waals surface area contributed by atoms with Gasteiger partial charge in [-0.05, 0) is 45.3 Å². The molecule has 0 radical (unpaired) electrons. The molecule has 3 N–H and O–H groups in total. The SMILES string of the molecule is CCN1CCCC1CNC(=O)CCCCCCN. The number of carbonyl (C=O) groups excluding carboxylic acids is 1. The van der Waals surface area contributed by atoms with E-state index < -0.39 is 0 Å². The lowest BCUT2D eigenvalue weighted by molar-refractivity contribution is -0.121. The molecule has 1 amide bonds. The molecular formula is C14H29N3O. The smallest absolute Gasteiger partial charge is 0.220 e. The lowest BCUT2D eigenvalue weighted by atomic mass is 10.1. The molecule has 0 bridgehead atoms. The summed E-state index contributed by atoms with van der Waals surface area (Å²) in [5.74, 6) is 0.214. The quantitative estimate of drug-likeness (QED) is 0.614. The monoisotopic (exact) mass is 255 g/mol. The molecule has 1 heterocycles. The summed E-state index contributed by atoms with van der Waals surface area (Å²) in [5, 5.41) is 3.07. The van der Waals surface area contributed by atoms with Crippen molar-refractivity contribution in [3.63, 3.8) is 0 Å². The topological polar surface area (TPSA) is 58.4 Å². The van der Waals surface area contributed by atoms with Crippen LogP contribution in [-0.2, 0) is 4.79 Å². The molecule has 4 heteroatoms. The van der Waals surface area contributed by atoms with E-state index in [0.29, 0.717) is 12.5 Å². The third-order valence-electron chi connectivity index (χ3n) is 3.80. The maximum atomic E-state index is 11.7. The normalized spacial score (nSPS) is 20.2. The molecule has 18 heavy (non-hydrogen) atoms. The van der Waals surface area contributed by atoms with Gasteiger partial charge < -0.3 is 11.1 Å². The van der Waals surface area contributed by atoms with E-state index in [0.717, 1.165) is 45.3 Å². The molecule has 0 aromatic rings. The molecule has 1 aliphatic heterocycles. The van der Waals surface area contributed by atoms with Crippen LogP contribution in [0.5, 0.6) is 0 Å².